The monoisotopic (exact) mass is 536 g/mol. The Hall–Kier alpha value is -2.09. The predicted octanol–water partition coefficient (Wildman–Crippen LogP) is 7.48. The smallest absolute Gasteiger partial charge is 0.228 e. The highest BCUT2D eigenvalue weighted by molar-refractivity contribution is 14.1. The van der Waals surface area contributed by atoms with E-state index < -0.39 is 0 Å². The van der Waals surface area contributed by atoms with E-state index in [-0.39, 0.29) is 5.75 Å². The summed E-state index contributed by atoms with van der Waals surface area (Å²) in [4.78, 5) is 9.04. The first-order valence-corrected chi connectivity index (χ1v) is 10.6. The molecule has 0 fully saturated rings. The maximum Gasteiger partial charge on any atom is 0.228 e. The summed E-state index contributed by atoms with van der Waals surface area (Å²) in [6.07, 6.45) is 1.61. The molecule has 0 bridgehead atoms. The van der Waals surface area contributed by atoms with Gasteiger partial charge in [0.2, 0.25) is 5.89 Å². The quantitative estimate of drug-likeness (QED) is 0.218. The molecule has 1 aromatic heterocycles. The highest BCUT2D eigenvalue weighted by Gasteiger charge is 2.13. The number of nitrogens with zero attached hydrogens (tertiary/aromatic N) is 2. The first kappa shape index (κ1) is 20.2. The Morgan fingerprint density at radius 1 is 1.10 bits per heavy atom. The molecule has 0 aliphatic heterocycles. The summed E-state index contributed by atoms with van der Waals surface area (Å²) >= 11 is 14.8. The normalized spacial score (nSPS) is 11.6. The molecule has 1 heterocycles. The second kappa shape index (κ2) is 7.97. The van der Waals surface area contributed by atoms with E-state index in [0.717, 1.165) is 20.3 Å². The number of aliphatic imine (C=N–C) groups is 1. The molecule has 0 saturated heterocycles. The van der Waals surface area contributed by atoms with Crippen molar-refractivity contribution < 1.29 is 9.52 Å². The minimum absolute atomic E-state index is 0.145. The number of halogens is 3. The highest BCUT2D eigenvalue weighted by atomic mass is 127. The van der Waals surface area contributed by atoms with Gasteiger partial charge in [-0.05, 0) is 90.0 Å². The Kier molecular flexibility index (Phi) is 5.55. The summed E-state index contributed by atoms with van der Waals surface area (Å²) in [5.74, 6) is 0.606. The van der Waals surface area contributed by atoms with Crippen molar-refractivity contribution in [1.29, 1.82) is 0 Å². The van der Waals surface area contributed by atoms with Crippen LogP contribution in [-0.2, 0) is 0 Å². The van der Waals surface area contributed by atoms with Crippen molar-refractivity contribution in [2.75, 3.05) is 0 Å². The number of hydrogen-bond acceptors (Lipinski definition) is 4. The Morgan fingerprint density at radius 3 is 2.69 bits per heavy atom. The Bertz CT molecular complexity index is 1280. The van der Waals surface area contributed by atoms with E-state index in [9.17, 15) is 5.11 Å². The van der Waals surface area contributed by atoms with Crippen LogP contribution in [0.25, 0.3) is 22.6 Å². The molecule has 7 heteroatoms. The van der Waals surface area contributed by atoms with E-state index in [1.807, 2.05) is 50.2 Å². The van der Waals surface area contributed by atoms with Crippen LogP contribution >= 0.6 is 45.8 Å². The number of hydrogen-bond donors (Lipinski definition) is 1. The van der Waals surface area contributed by atoms with Gasteiger partial charge in [-0.1, -0.05) is 23.2 Å². The van der Waals surface area contributed by atoms with E-state index in [2.05, 4.69) is 32.6 Å². The zero-order valence-corrected chi connectivity index (χ0v) is 19.2. The van der Waals surface area contributed by atoms with E-state index in [0.29, 0.717) is 38.3 Å². The molecule has 0 aliphatic rings. The summed E-state index contributed by atoms with van der Waals surface area (Å²) in [6, 6.07) is 12.8. The summed E-state index contributed by atoms with van der Waals surface area (Å²) in [7, 11) is 0. The number of aromatic hydroxyl groups is 1. The zero-order chi connectivity index (χ0) is 20.7. The van der Waals surface area contributed by atoms with E-state index >= 15 is 0 Å². The van der Waals surface area contributed by atoms with Gasteiger partial charge in [0.05, 0.1) is 16.3 Å². The first-order valence-electron chi connectivity index (χ1n) is 8.72. The molecule has 0 unspecified atom stereocenters. The fourth-order valence-corrected chi connectivity index (χ4v) is 3.87. The lowest BCUT2D eigenvalue weighted by molar-refractivity contribution is 0.473. The number of oxazole rings is 1. The summed E-state index contributed by atoms with van der Waals surface area (Å²) in [6.45, 7) is 3.71. The molecule has 0 spiro atoms. The first-order chi connectivity index (χ1) is 13.8. The molecule has 0 atom stereocenters. The zero-order valence-electron chi connectivity index (χ0n) is 15.5. The third-order valence-electron chi connectivity index (χ3n) is 4.58. The fourth-order valence-electron chi connectivity index (χ4n) is 3.03. The molecule has 4 nitrogen and oxygen atoms in total. The van der Waals surface area contributed by atoms with E-state index in [4.69, 9.17) is 27.6 Å². The van der Waals surface area contributed by atoms with Crippen LogP contribution in [0, 0.1) is 17.4 Å². The topological polar surface area (TPSA) is 58.6 Å². The second-order valence-corrected chi connectivity index (χ2v) is 8.65. The molecule has 0 radical (unpaired) electrons. The molecule has 146 valence electrons. The van der Waals surface area contributed by atoms with Crippen molar-refractivity contribution in [3.63, 3.8) is 0 Å². The SMILES string of the molecule is Cc1cc(O)c(C=Nc2ccc3oc(-c4cc(I)ccc4Cl)nc3c2)c(C)c1Cl. The van der Waals surface area contributed by atoms with Crippen molar-refractivity contribution in [3.8, 4) is 17.2 Å². The summed E-state index contributed by atoms with van der Waals surface area (Å²) < 4.78 is 6.91. The highest BCUT2D eigenvalue weighted by Crippen LogP contribution is 2.33. The largest absolute Gasteiger partial charge is 0.507 e. The number of fused-ring (bicyclic) bond motifs is 1. The van der Waals surface area contributed by atoms with Crippen LogP contribution in [0.4, 0.5) is 5.69 Å². The number of benzene rings is 3. The Morgan fingerprint density at radius 2 is 1.90 bits per heavy atom. The number of aromatic nitrogens is 1. The van der Waals surface area contributed by atoms with E-state index in [1.165, 1.54) is 0 Å². The average Bonchev–Trinajstić information content (AvgIpc) is 3.11. The van der Waals surface area contributed by atoms with Gasteiger partial charge in [0, 0.05) is 20.4 Å². The van der Waals surface area contributed by atoms with Crippen molar-refractivity contribution in [2.24, 2.45) is 4.99 Å². The van der Waals surface area contributed by atoms with Crippen LogP contribution in [0.1, 0.15) is 16.7 Å². The van der Waals surface area contributed by atoms with Crippen LogP contribution < -0.4 is 0 Å². The molecule has 0 aliphatic carbocycles. The van der Waals surface area contributed by atoms with Crippen molar-refractivity contribution in [1.82, 2.24) is 4.98 Å². The maximum absolute atomic E-state index is 10.2. The van der Waals surface area contributed by atoms with Crippen LogP contribution in [0.15, 0.2) is 51.9 Å². The van der Waals surface area contributed by atoms with Gasteiger partial charge in [-0.3, -0.25) is 4.99 Å². The molecule has 0 saturated carbocycles. The van der Waals surface area contributed by atoms with Gasteiger partial charge in [0.1, 0.15) is 11.3 Å². The number of aryl methyl sites for hydroxylation is 1. The molecular weight excluding hydrogens is 522 g/mol. The molecular formula is C22H15Cl2IN2O2. The van der Waals surface area contributed by atoms with Crippen LogP contribution in [-0.4, -0.2) is 16.3 Å². The molecule has 3 aromatic carbocycles. The van der Waals surface area contributed by atoms with Gasteiger partial charge < -0.3 is 9.52 Å². The lowest BCUT2D eigenvalue weighted by atomic mass is 10.0. The van der Waals surface area contributed by atoms with Crippen molar-refractivity contribution in [3.05, 3.63) is 72.8 Å². The Labute approximate surface area is 191 Å². The standard InChI is InChI=1S/C22H15Cl2IN2O2/c1-11-7-19(28)16(12(2)21(11)24)10-26-14-4-6-20-18(9-14)27-22(29-20)15-8-13(25)3-5-17(15)23/h3-10,28H,1-2H3. The number of rotatable bonds is 3. The van der Waals surface area contributed by atoms with Crippen molar-refractivity contribution >= 4 is 68.8 Å². The average molecular weight is 537 g/mol. The van der Waals surface area contributed by atoms with Crippen molar-refractivity contribution in [2.45, 2.75) is 13.8 Å². The van der Waals surface area contributed by atoms with Crippen LogP contribution in [0.5, 0.6) is 5.75 Å². The molecule has 4 aromatic rings. The molecule has 4 rings (SSSR count). The summed E-state index contributed by atoms with van der Waals surface area (Å²) in [5, 5.41) is 11.4. The van der Waals surface area contributed by atoms with Gasteiger partial charge in [-0.25, -0.2) is 4.98 Å². The Balaban J connectivity index is 1.71. The van der Waals surface area contributed by atoms with Crippen LogP contribution in [0.3, 0.4) is 0 Å². The number of phenolic OH excluding ortho intramolecular Hbond substituents is 1. The molecule has 29 heavy (non-hydrogen) atoms. The summed E-state index contributed by atoms with van der Waals surface area (Å²) in [5.41, 5.74) is 4.94. The van der Waals surface area contributed by atoms with Gasteiger partial charge in [0.25, 0.3) is 0 Å². The third kappa shape index (κ3) is 3.99. The van der Waals surface area contributed by atoms with E-state index in [1.54, 1.807) is 12.3 Å². The predicted molar refractivity (Wildman–Crippen MR) is 127 cm³/mol. The minimum Gasteiger partial charge on any atom is -0.507 e. The molecule has 1 N–H and O–H groups in total. The van der Waals surface area contributed by atoms with Gasteiger partial charge in [0.15, 0.2) is 5.58 Å². The minimum atomic E-state index is 0.145. The lowest BCUT2D eigenvalue weighted by Crippen LogP contribution is -1.92. The second-order valence-electron chi connectivity index (χ2n) is 6.62. The fraction of sp³-hybridized carbons (Fsp3) is 0.0909. The third-order valence-corrected chi connectivity index (χ3v) is 6.16. The van der Waals surface area contributed by atoms with Gasteiger partial charge in [-0.15, -0.1) is 0 Å². The van der Waals surface area contributed by atoms with Gasteiger partial charge >= 0.3 is 0 Å². The van der Waals surface area contributed by atoms with Gasteiger partial charge in [-0.2, -0.15) is 0 Å². The maximum atomic E-state index is 10.2. The van der Waals surface area contributed by atoms with Crippen LogP contribution in [0.2, 0.25) is 10.0 Å². The molecule has 0 amide bonds. The lowest BCUT2D eigenvalue weighted by Gasteiger charge is -2.08. The number of phenols is 1.